The summed E-state index contributed by atoms with van der Waals surface area (Å²) < 4.78 is 11.7. The minimum absolute atomic E-state index is 0.277. The van der Waals surface area contributed by atoms with E-state index >= 15 is 0 Å². The zero-order valence-corrected chi connectivity index (χ0v) is 21.6. The first-order chi connectivity index (χ1) is 17.1. The van der Waals surface area contributed by atoms with E-state index in [2.05, 4.69) is 20.9 Å². The molecule has 0 aliphatic heterocycles. The first-order valence-corrected chi connectivity index (χ1v) is 14.6. The van der Waals surface area contributed by atoms with E-state index in [1.54, 1.807) is 23.5 Å². The van der Waals surface area contributed by atoms with Crippen LogP contribution in [0.1, 0.15) is 48.7 Å². The van der Waals surface area contributed by atoms with Gasteiger partial charge < -0.3 is 24.8 Å². The molecule has 35 heavy (non-hydrogen) atoms. The molecule has 11 heteroatoms. The van der Waals surface area contributed by atoms with Gasteiger partial charge in [0.05, 0.1) is 31.1 Å². The predicted molar refractivity (Wildman–Crippen MR) is 142 cm³/mol. The van der Waals surface area contributed by atoms with Crippen LogP contribution < -0.4 is 16.0 Å². The van der Waals surface area contributed by atoms with Crippen molar-refractivity contribution in [2.24, 2.45) is 4.99 Å². The van der Waals surface area contributed by atoms with E-state index in [1.165, 1.54) is 25.7 Å². The van der Waals surface area contributed by atoms with Crippen molar-refractivity contribution in [3.63, 3.8) is 0 Å². The monoisotopic (exact) mass is 521 g/mol. The molecule has 0 bridgehead atoms. The van der Waals surface area contributed by atoms with Gasteiger partial charge in [-0.15, -0.1) is 0 Å². The fourth-order valence-corrected chi connectivity index (χ4v) is 4.86. The van der Waals surface area contributed by atoms with Gasteiger partial charge in [0.2, 0.25) is 0 Å². The molecule has 2 aliphatic rings. The lowest BCUT2D eigenvalue weighted by molar-refractivity contribution is -0.463. The Morgan fingerprint density at radius 3 is 2.00 bits per heavy atom. The molecular formula is C24H35N5O4S2. The highest BCUT2D eigenvalue weighted by molar-refractivity contribution is 7.98. The third-order valence-corrected chi connectivity index (χ3v) is 7.54. The second-order valence-electron chi connectivity index (χ2n) is 8.90. The summed E-state index contributed by atoms with van der Waals surface area (Å²) in [5.41, 5.74) is 0. The maximum absolute atomic E-state index is 11.0. The summed E-state index contributed by atoms with van der Waals surface area (Å²) in [5.74, 6) is 7.46. The zero-order valence-electron chi connectivity index (χ0n) is 20.0. The molecule has 0 unspecified atom stereocenters. The fourth-order valence-electron chi connectivity index (χ4n) is 3.40. The number of nitrogens with one attached hydrogen (secondary N) is 3. The number of hydrogen-bond acceptors (Lipinski definition) is 9. The number of nitrogens with zero attached hydrogens (tertiary/aromatic N) is 2. The number of aliphatic imine (C=N–C) groups is 1. The minimum Gasteiger partial charge on any atom is -0.464 e. The lowest BCUT2D eigenvalue weighted by Crippen LogP contribution is -2.32. The summed E-state index contributed by atoms with van der Waals surface area (Å²) in [7, 11) is 0. The van der Waals surface area contributed by atoms with Crippen LogP contribution in [0.5, 0.6) is 0 Å². The van der Waals surface area contributed by atoms with Gasteiger partial charge in [-0.25, -0.2) is 0 Å². The van der Waals surface area contributed by atoms with Gasteiger partial charge in [0.25, 0.3) is 6.54 Å². The van der Waals surface area contributed by atoms with E-state index in [-0.39, 0.29) is 11.5 Å². The van der Waals surface area contributed by atoms with Gasteiger partial charge in [-0.3, -0.25) is 15.1 Å². The fraction of sp³-hybridized carbons (Fsp3) is 0.625. The average Bonchev–Trinajstić information content (AvgIpc) is 3.76. The van der Waals surface area contributed by atoms with Crippen LogP contribution in [-0.2, 0) is 24.6 Å². The van der Waals surface area contributed by atoms with Crippen molar-refractivity contribution in [1.82, 2.24) is 16.0 Å². The first kappa shape index (κ1) is 26.1. The van der Waals surface area contributed by atoms with E-state index in [9.17, 15) is 10.1 Å². The third-order valence-electron chi connectivity index (χ3n) is 5.60. The molecule has 2 saturated carbocycles. The number of furan rings is 2. The van der Waals surface area contributed by atoms with Gasteiger partial charge >= 0.3 is 0 Å². The van der Waals surface area contributed by atoms with Crippen molar-refractivity contribution in [2.75, 3.05) is 31.1 Å². The van der Waals surface area contributed by atoms with Crippen LogP contribution in [0.15, 0.2) is 38.1 Å². The maximum atomic E-state index is 11.0. The number of hydrogen-bond donors (Lipinski definition) is 3. The molecular weight excluding hydrogens is 486 g/mol. The molecule has 2 heterocycles. The molecule has 2 aromatic heterocycles. The van der Waals surface area contributed by atoms with E-state index < -0.39 is 0 Å². The maximum Gasteiger partial charge on any atom is 0.259 e. The van der Waals surface area contributed by atoms with Gasteiger partial charge in [0, 0.05) is 35.1 Å². The van der Waals surface area contributed by atoms with Crippen LogP contribution in [0.3, 0.4) is 0 Å². The SMILES string of the molecule is O=[N+]([O-])CC(=NCCSCc1ccc(CNC2CC2)o1)NCCSCc1ccc(CNC2CC2)o1. The average molecular weight is 522 g/mol. The second kappa shape index (κ2) is 14.0. The summed E-state index contributed by atoms with van der Waals surface area (Å²) in [6, 6.07) is 9.43. The first-order valence-electron chi connectivity index (χ1n) is 12.3. The molecule has 3 N–H and O–H groups in total. The van der Waals surface area contributed by atoms with Crippen LogP contribution in [0.4, 0.5) is 0 Å². The van der Waals surface area contributed by atoms with Gasteiger partial charge in [-0.1, -0.05) is 0 Å². The van der Waals surface area contributed by atoms with Crippen LogP contribution >= 0.6 is 23.5 Å². The summed E-state index contributed by atoms with van der Waals surface area (Å²) in [6.45, 7) is 2.46. The Hall–Kier alpha value is -1.95. The topological polar surface area (TPSA) is 118 Å². The smallest absolute Gasteiger partial charge is 0.259 e. The largest absolute Gasteiger partial charge is 0.464 e. The van der Waals surface area contributed by atoms with Crippen LogP contribution in [0.25, 0.3) is 0 Å². The Balaban J connectivity index is 1.07. The van der Waals surface area contributed by atoms with Crippen LogP contribution in [0, 0.1) is 10.1 Å². The van der Waals surface area contributed by atoms with Gasteiger partial charge in [-0.05, 0) is 49.9 Å². The van der Waals surface area contributed by atoms with Crippen LogP contribution in [-0.4, -0.2) is 54.0 Å². The molecule has 2 aromatic rings. The van der Waals surface area contributed by atoms with Crippen molar-refractivity contribution < 1.29 is 13.8 Å². The normalized spacial score (nSPS) is 16.1. The highest BCUT2D eigenvalue weighted by Crippen LogP contribution is 2.21. The summed E-state index contributed by atoms with van der Waals surface area (Å²) in [4.78, 5) is 15.1. The van der Waals surface area contributed by atoms with E-state index in [0.717, 1.165) is 59.1 Å². The number of amidine groups is 1. The van der Waals surface area contributed by atoms with E-state index in [4.69, 9.17) is 8.83 Å². The van der Waals surface area contributed by atoms with Crippen LogP contribution in [0.2, 0.25) is 0 Å². The predicted octanol–water partition coefficient (Wildman–Crippen LogP) is 3.81. The number of nitro groups is 1. The lowest BCUT2D eigenvalue weighted by atomic mass is 10.4. The molecule has 0 amide bonds. The molecule has 2 aliphatic carbocycles. The van der Waals surface area contributed by atoms with E-state index in [0.29, 0.717) is 31.0 Å². The summed E-state index contributed by atoms with van der Waals surface area (Å²) in [5, 5.41) is 21.0. The Kier molecular flexibility index (Phi) is 10.4. The molecule has 0 radical (unpaired) electrons. The molecule has 192 valence electrons. The highest BCUT2D eigenvalue weighted by Gasteiger charge is 2.21. The van der Waals surface area contributed by atoms with Crippen molar-refractivity contribution in [2.45, 2.75) is 62.4 Å². The molecule has 0 saturated heterocycles. The Morgan fingerprint density at radius 2 is 1.46 bits per heavy atom. The minimum atomic E-state index is -0.341. The van der Waals surface area contributed by atoms with E-state index in [1.807, 2.05) is 24.3 Å². The second-order valence-corrected chi connectivity index (χ2v) is 11.1. The number of thioether (sulfide) groups is 2. The van der Waals surface area contributed by atoms with Crippen molar-refractivity contribution in [1.29, 1.82) is 0 Å². The van der Waals surface area contributed by atoms with Crippen molar-refractivity contribution in [3.8, 4) is 0 Å². The third kappa shape index (κ3) is 10.7. The Bertz CT molecular complexity index is 955. The van der Waals surface area contributed by atoms with Crippen molar-refractivity contribution >= 4 is 29.4 Å². The summed E-state index contributed by atoms with van der Waals surface area (Å²) in [6.07, 6.45) is 5.06. The lowest BCUT2D eigenvalue weighted by Gasteiger charge is -2.07. The van der Waals surface area contributed by atoms with Gasteiger partial charge in [0.15, 0.2) is 5.84 Å². The molecule has 4 rings (SSSR count). The molecule has 0 aromatic carbocycles. The summed E-state index contributed by atoms with van der Waals surface area (Å²) >= 11 is 3.46. The highest BCUT2D eigenvalue weighted by atomic mass is 32.2. The molecule has 2 fully saturated rings. The molecule has 0 atom stereocenters. The Morgan fingerprint density at radius 1 is 0.914 bits per heavy atom. The quantitative estimate of drug-likeness (QED) is 0.0885. The molecule has 9 nitrogen and oxygen atoms in total. The van der Waals surface area contributed by atoms with Gasteiger partial charge in [-0.2, -0.15) is 23.5 Å². The standard InChI is InChI=1S/C24H35N5O4S2/c30-29(31)15-24(25-9-11-34-16-22-7-5-20(32-22)13-27-18-1-2-18)26-10-12-35-17-23-8-6-21(33-23)14-28-19-3-4-19/h5-8,18-19,27-28H,1-4,9-17H2,(H,25,26). The van der Waals surface area contributed by atoms with Crippen molar-refractivity contribution in [3.05, 3.63) is 57.4 Å². The number of rotatable bonds is 18. The zero-order chi connectivity index (χ0) is 24.3. The van der Waals surface area contributed by atoms with Gasteiger partial charge in [0.1, 0.15) is 23.0 Å². The Labute approximate surface area is 214 Å². The molecule has 0 spiro atoms.